The number of unbranched alkanes of at least 4 members (excludes halogenated alkanes) is 1. The second-order valence-corrected chi connectivity index (χ2v) is 4.29. The van der Waals surface area contributed by atoms with E-state index in [0.717, 1.165) is 24.0 Å². The van der Waals surface area contributed by atoms with E-state index >= 15 is 0 Å². The summed E-state index contributed by atoms with van der Waals surface area (Å²) in [4.78, 5) is 8.60. The highest BCUT2D eigenvalue weighted by Crippen LogP contribution is 2.17. The number of nitrogens with zero attached hydrogens (tertiary/aromatic N) is 2. The fourth-order valence-corrected chi connectivity index (χ4v) is 1.56. The molecular formula is C15H13ClN2. The molecule has 2 rings (SSSR count). The quantitative estimate of drug-likeness (QED) is 0.761. The van der Waals surface area contributed by atoms with E-state index in [1.54, 1.807) is 12.4 Å². The molecule has 1 heterocycles. The normalized spacial score (nSPS) is 9.67. The molecule has 3 heteroatoms. The Morgan fingerprint density at radius 1 is 1.11 bits per heavy atom. The first-order valence-corrected chi connectivity index (χ1v) is 6.24. The lowest BCUT2D eigenvalue weighted by molar-refractivity contribution is 0.983. The molecule has 0 aliphatic heterocycles. The van der Waals surface area contributed by atoms with E-state index < -0.39 is 0 Å². The van der Waals surface area contributed by atoms with Gasteiger partial charge in [0.25, 0.3) is 0 Å². The van der Waals surface area contributed by atoms with E-state index in [4.69, 9.17) is 11.6 Å². The molecule has 0 saturated heterocycles. The van der Waals surface area contributed by atoms with Gasteiger partial charge in [-0.1, -0.05) is 30.4 Å². The summed E-state index contributed by atoms with van der Waals surface area (Å²) >= 11 is 5.84. The molecule has 2 aromatic rings. The van der Waals surface area contributed by atoms with Gasteiger partial charge in [-0.15, -0.1) is 0 Å². The van der Waals surface area contributed by atoms with Crippen molar-refractivity contribution in [1.29, 1.82) is 0 Å². The topological polar surface area (TPSA) is 25.8 Å². The number of halogens is 1. The summed E-state index contributed by atoms with van der Waals surface area (Å²) in [6.45, 7) is 2.11. The Labute approximate surface area is 112 Å². The van der Waals surface area contributed by atoms with Gasteiger partial charge in [0, 0.05) is 29.4 Å². The van der Waals surface area contributed by atoms with Gasteiger partial charge in [-0.05, 0) is 30.7 Å². The number of hydrogen-bond acceptors (Lipinski definition) is 2. The van der Waals surface area contributed by atoms with Crippen LogP contribution in [0.4, 0.5) is 0 Å². The van der Waals surface area contributed by atoms with Gasteiger partial charge in [-0.3, -0.25) is 0 Å². The standard InChI is InChI=1S/C15H13ClN2/c1-2-3-4-5-12-10-17-15(18-11-12)13-6-8-14(16)9-7-13/h6-11H,2-3H2,1H3. The van der Waals surface area contributed by atoms with Crippen LogP contribution in [0, 0.1) is 11.8 Å². The van der Waals surface area contributed by atoms with Crippen LogP contribution in [0.2, 0.25) is 5.02 Å². The van der Waals surface area contributed by atoms with Crippen molar-refractivity contribution in [2.75, 3.05) is 0 Å². The first kappa shape index (κ1) is 12.6. The molecule has 0 bridgehead atoms. The maximum absolute atomic E-state index is 5.84. The molecule has 0 aliphatic carbocycles. The Morgan fingerprint density at radius 2 is 1.78 bits per heavy atom. The van der Waals surface area contributed by atoms with E-state index in [0.29, 0.717) is 10.8 Å². The van der Waals surface area contributed by atoms with Crippen LogP contribution in [-0.2, 0) is 0 Å². The summed E-state index contributed by atoms with van der Waals surface area (Å²) < 4.78 is 0. The largest absolute Gasteiger partial charge is 0.235 e. The minimum atomic E-state index is 0.688. The molecule has 2 nitrogen and oxygen atoms in total. The van der Waals surface area contributed by atoms with Crippen molar-refractivity contribution >= 4 is 11.6 Å². The van der Waals surface area contributed by atoms with Crippen molar-refractivity contribution in [3.8, 4) is 23.2 Å². The highest BCUT2D eigenvalue weighted by atomic mass is 35.5. The third-order valence-electron chi connectivity index (χ3n) is 2.36. The zero-order valence-corrected chi connectivity index (χ0v) is 10.9. The van der Waals surface area contributed by atoms with Crippen LogP contribution in [0.5, 0.6) is 0 Å². The Morgan fingerprint density at radius 3 is 2.39 bits per heavy atom. The SMILES string of the molecule is CCCC#Cc1cnc(-c2ccc(Cl)cc2)nc1. The van der Waals surface area contributed by atoms with Gasteiger partial charge in [0.2, 0.25) is 0 Å². The smallest absolute Gasteiger partial charge is 0.159 e. The third-order valence-corrected chi connectivity index (χ3v) is 2.61. The minimum Gasteiger partial charge on any atom is -0.235 e. The van der Waals surface area contributed by atoms with Crippen LogP contribution in [0.15, 0.2) is 36.7 Å². The van der Waals surface area contributed by atoms with Crippen molar-refractivity contribution < 1.29 is 0 Å². The molecule has 1 aromatic carbocycles. The molecule has 90 valence electrons. The first-order valence-electron chi connectivity index (χ1n) is 5.86. The summed E-state index contributed by atoms with van der Waals surface area (Å²) in [5, 5.41) is 0.709. The summed E-state index contributed by atoms with van der Waals surface area (Å²) in [7, 11) is 0. The molecule has 0 aliphatic rings. The van der Waals surface area contributed by atoms with Gasteiger partial charge in [0.1, 0.15) is 0 Å². The van der Waals surface area contributed by atoms with Gasteiger partial charge in [-0.2, -0.15) is 0 Å². The Bertz CT molecular complexity index is 562. The second kappa shape index (κ2) is 6.18. The Hall–Kier alpha value is -1.85. The third kappa shape index (κ3) is 3.32. The van der Waals surface area contributed by atoms with Gasteiger partial charge in [-0.25, -0.2) is 9.97 Å². The number of hydrogen-bond donors (Lipinski definition) is 0. The van der Waals surface area contributed by atoms with E-state index in [1.165, 1.54) is 0 Å². The van der Waals surface area contributed by atoms with E-state index in [-0.39, 0.29) is 0 Å². The van der Waals surface area contributed by atoms with Gasteiger partial charge < -0.3 is 0 Å². The molecular weight excluding hydrogens is 244 g/mol. The lowest BCUT2D eigenvalue weighted by Crippen LogP contribution is -1.89. The Kier molecular flexibility index (Phi) is 4.33. The van der Waals surface area contributed by atoms with Crippen molar-refractivity contribution in [2.24, 2.45) is 0 Å². The summed E-state index contributed by atoms with van der Waals surface area (Å²) in [6.07, 6.45) is 5.47. The summed E-state index contributed by atoms with van der Waals surface area (Å²) in [5.74, 6) is 6.80. The van der Waals surface area contributed by atoms with E-state index in [1.807, 2.05) is 24.3 Å². The van der Waals surface area contributed by atoms with Crippen molar-refractivity contribution in [1.82, 2.24) is 9.97 Å². The van der Waals surface area contributed by atoms with Crippen LogP contribution >= 0.6 is 11.6 Å². The molecule has 0 saturated carbocycles. The summed E-state index contributed by atoms with van der Waals surface area (Å²) in [6, 6.07) is 7.46. The number of aromatic nitrogens is 2. The van der Waals surface area contributed by atoms with E-state index in [9.17, 15) is 0 Å². The van der Waals surface area contributed by atoms with Crippen molar-refractivity contribution in [2.45, 2.75) is 19.8 Å². The fourth-order valence-electron chi connectivity index (χ4n) is 1.43. The van der Waals surface area contributed by atoms with Crippen molar-refractivity contribution in [3.05, 3.63) is 47.2 Å². The summed E-state index contributed by atoms with van der Waals surface area (Å²) in [5.41, 5.74) is 1.80. The zero-order chi connectivity index (χ0) is 12.8. The van der Waals surface area contributed by atoms with Gasteiger partial charge in [0.15, 0.2) is 5.82 Å². The maximum Gasteiger partial charge on any atom is 0.159 e. The molecule has 18 heavy (non-hydrogen) atoms. The van der Waals surface area contributed by atoms with Crippen LogP contribution in [0.25, 0.3) is 11.4 Å². The van der Waals surface area contributed by atoms with Crippen molar-refractivity contribution in [3.63, 3.8) is 0 Å². The van der Waals surface area contributed by atoms with Gasteiger partial charge >= 0.3 is 0 Å². The maximum atomic E-state index is 5.84. The molecule has 0 radical (unpaired) electrons. The molecule has 0 fully saturated rings. The van der Waals surface area contributed by atoms with Crippen LogP contribution in [-0.4, -0.2) is 9.97 Å². The van der Waals surface area contributed by atoms with Gasteiger partial charge in [0.05, 0.1) is 5.56 Å². The van der Waals surface area contributed by atoms with Crippen LogP contribution < -0.4 is 0 Å². The average molecular weight is 257 g/mol. The molecule has 0 unspecified atom stereocenters. The fraction of sp³-hybridized carbons (Fsp3) is 0.200. The van der Waals surface area contributed by atoms with Crippen LogP contribution in [0.3, 0.4) is 0 Å². The predicted octanol–water partition coefficient (Wildman–Crippen LogP) is 3.95. The lowest BCUT2D eigenvalue weighted by Gasteiger charge is -1.99. The predicted molar refractivity (Wildman–Crippen MR) is 74.3 cm³/mol. The number of benzene rings is 1. The molecule has 0 amide bonds. The zero-order valence-electron chi connectivity index (χ0n) is 10.2. The average Bonchev–Trinajstić information content (AvgIpc) is 2.41. The second-order valence-electron chi connectivity index (χ2n) is 3.85. The monoisotopic (exact) mass is 256 g/mol. The highest BCUT2D eigenvalue weighted by Gasteiger charge is 2.00. The van der Waals surface area contributed by atoms with Crippen LogP contribution in [0.1, 0.15) is 25.3 Å². The molecule has 0 spiro atoms. The Balaban J connectivity index is 2.18. The minimum absolute atomic E-state index is 0.688. The molecule has 0 N–H and O–H groups in total. The molecule has 1 aromatic heterocycles. The first-order chi connectivity index (χ1) is 8.79. The lowest BCUT2D eigenvalue weighted by atomic mass is 10.2. The molecule has 0 atom stereocenters. The highest BCUT2D eigenvalue weighted by molar-refractivity contribution is 6.30. The van der Waals surface area contributed by atoms with E-state index in [2.05, 4.69) is 28.7 Å². The number of rotatable bonds is 2.